The van der Waals surface area contributed by atoms with E-state index in [4.69, 9.17) is 5.11 Å². The zero-order valence-electron chi connectivity index (χ0n) is 11.1. The van der Waals surface area contributed by atoms with Crippen LogP contribution < -0.4 is 0 Å². The molecule has 1 N–H and O–H groups in total. The zero-order valence-corrected chi connectivity index (χ0v) is 12.0. The van der Waals surface area contributed by atoms with Gasteiger partial charge in [0.05, 0.1) is 6.61 Å². The number of halogens is 2. The van der Waals surface area contributed by atoms with Crippen LogP contribution in [0.15, 0.2) is 17.0 Å². The molecule has 1 aromatic rings. The lowest BCUT2D eigenvalue weighted by Gasteiger charge is -2.21. The van der Waals surface area contributed by atoms with Gasteiger partial charge in [0.25, 0.3) is 0 Å². The average Bonchev–Trinajstić information content (AvgIpc) is 3.22. The van der Waals surface area contributed by atoms with Crippen molar-refractivity contribution in [2.24, 2.45) is 5.92 Å². The molecule has 0 aromatic heterocycles. The van der Waals surface area contributed by atoms with E-state index in [9.17, 15) is 17.2 Å². The second-order valence-electron chi connectivity index (χ2n) is 4.95. The van der Waals surface area contributed by atoms with Crippen LogP contribution in [0, 0.1) is 17.6 Å². The molecule has 1 aliphatic rings. The Morgan fingerprint density at radius 1 is 1.35 bits per heavy atom. The number of aliphatic hydroxyl groups excluding tert-OH is 1. The fraction of sp³-hybridized carbons (Fsp3) is 0.538. The van der Waals surface area contributed by atoms with Crippen LogP contribution in [-0.4, -0.2) is 30.9 Å². The SMILES string of the molecule is CCN(CC1CC1)S(=O)(=O)c1cc(CO)cc(F)c1F. The van der Waals surface area contributed by atoms with E-state index in [1.165, 1.54) is 0 Å². The number of sulfonamides is 1. The van der Waals surface area contributed by atoms with Crippen molar-refractivity contribution in [1.82, 2.24) is 4.31 Å². The van der Waals surface area contributed by atoms with Crippen LogP contribution in [0.3, 0.4) is 0 Å². The van der Waals surface area contributed by atoms with Crippen molar-refractivity contribution in [3.05, 3.63) is 29.3 Å². The van der Waals surface area contributed by atoms with Gasteiger partial charge in [-0.3, -0.25) is 0 Å². The van der Waals surface area contributed by atoms with Gasteiger partial charge in [-0.15, -0.1) is 0 Å². The number of aliphatic hydroxyl groups is 1. The first kappa shape index (κ1) is 15.3. The minimum Gasteiger partial charge on any atom is -0.392 e. The van der Waals surface area contributed by atoms with Crippen molar-refractivity contribution in [3.8, 4) is 0 Å². The highest BCUT2D eigenvalue weighted by Crippen LogP contribution is 2.32. The summed E-state index contributed by atoms with van der Waals surface area (Å²) in [6, 6.07) is 1.79. The molecule has 2 rings (SSSR count). The maximum atomic E-state index is 13.8. The molecule has 112 valence electrons. The number of nitrogens with zero attached hydrogens (tertiary/aromatic N) is 1. The van der Waals surface area contributed by atoms with Gasteiger partial charge in [0.2, 0.25) is 10.0 Å². The van der Waals surface area contributed by atoms with Crippen molar-refractivity contribution in [2.75, 3.05) is 13.1 Å². The molecule has 4 nitrogen and oxygen atoms in total. The summed E-state index contributed by atoms with van der Waals surface area (Å²) >= 11 is 0. The van der Waals surface area contributed by atoms with E-state index >= 15 is 0 Å². The molecule has 0 radical (unpaired) electrons. The van der Waals surface area contributed by atoms with E-state index in [2.05, 4.69) is 0 Å². The summed E-state index contributed by atoms with van der Waals surface area (Å²) in [4.78, 5) is -0.705. The van der Waals surface area contributed by atoms with Crippen molar-refractivity contribution in [3.63, 3.8) is 0 Å². The first-order valence-electron chi connectivity index (χ1n) is 6.49. The topological polar surface area (TPSA) is 57.6 Å². The predicted molar refractivity (Wildman–Crippen MR) is 69.4 cm³/mol. The van der Waals surface area contributed by atoms with E-state index < -0.39 is 33.2 Å². The summed E-state index contributed by atoms with van der Waals surface area (Å²) in [6.07, 6.45) is 1.92. The summed E-state index contributed by atoms with van der Waals surface area (Å²) in [5, 5.41) is 9.00. The van der Waals surface area contributed by atoms with Crippen molar-refractivity contribution >= 4 is 10.0 Å². The molecule has 0 saturated heterocycles. The van der Waals surface area contributed by atoms with E-state index in [-0.39, 0.29) is 12.1 Å². The molecule has 0 atom stereocenters. The van der Waals surface area contributed by atoms with Gasteiger partial charge in [-0.1, -0.05) is 6.92 Å². The standard InChI is InChI=1S/C13H17F2NO3S/c1-2-16(7-9-3-4-9)20(18,19)12-6-10(8-17)5-11(14)13(12)15/h5-6,9,17H,2-4,7-8H2,1H3. The van der Waals surface area contributed by atoms with Crippen molar-refractivity contribution < 1.29 is 22.3 Å². The molecule has 20 heavy (non-hydrogen) atoms. The second kappa shape index (κ2) is 5.75. The zero-order chi connectivity index (χ0) is 14.9. The molecule has 0 aliphatic heterocycles. The molecule has 0 spiro atoms. The van der Waals surface area contributed by atoms with Crippen LogP contribution in [0.25, 0.3) is 0 Å². The molecule has 0 heterocycles. The molecule has 7 heteroatoms. The number of benzene rings is 1. The Labute approximate surface area is 117 Å². The fourth-order valence-corrected chi connectivity index (χ4v) is 3.67. The molecule has 1 saturated carbocycles. The second-order valence-corrected chi connectivity index (χ2v) is 6.85. The van der Waals surface area contributed by atoms with E-state index in [1.54, 1.807) is 6.92 Å². The predicted octanol–water partition coefficient (Wildman–Crippen LogP) is 1.88. The first-order valence-corrected chi connectivity index (χ1v) is 7.93. The average molecular weight is 305 g/mol. The molecule has 1 aliphatic carbocycles. The largest absolute Gasteiger partial charge is 0.392 e. The lowest BCUT2D eigenvalue weighted by molar-refractivity contribution is 0.280. The Bertz CT molecular complexity index is 600. The van der Waals surface area contributed by atoms with Crippen molar-refractivity contribution in [1.29, 1.82) is 0 Å². The summed E-state index contributed by atoms with van der Waals surface area (Å²) in [7, 11) is -4.08. The molecule has 0 amide bonds. The van der Waals surface area contributed by atoms with Gasteiger partial charge < -0.3 is 5.11 Å². The Hall–Kier alpha value is -1.05. The third-order valence-corrected chi connectivity index (χ3v) is 5.31. The van der Waals surface area contributed by atoms with Crippen LogP contribution in [0.4, 0.5) is 8.78 Å². The summed E-state index contributed by atoms with van der Waals surface area (Å²) in [6.45, 7) is 1.63. The highest BCUT2D eigenvalue weighted by molar-refractivity contribution is 7.89. The summed E-state index contributed by atoms with van der Waals surface area (Å²) in [5.41, 5.74) is 0.0324. The summed E-state index contributed by atoms with van der Waals surface area (Å²) in [5.74, 6) is -2.35. The maximum absolute atomic E-state index is 13.8. The summed E-state index contributed by atoms with van der Waals surface area (Å²) < 4.78 is 53.2. The molecular weight excluding hydrogens is 288 g/mol. The Balaban J connectivity index is 2.43. The van der Waals surface area contributed by atoms with Gasteiger partial charge in [-0.25, -0.2) is 17.2 Å². The monoisotopic (exact) mass is 305 g/mol. The molecule has 0 unspecified atom stereocenters. The van der Waals surface area contributed by atoms with Gasteiger partial charge >= 0.3 is 0 Å². The maximum Gasteiger partial charge on any atom is 0.246 e. The number of hydrogen-bond acceptors (Lipinski definition) is 3. The van der Waals surface area contributed by atoms with Crippen LogP contribution in [0.1, 0.15) is 25.3 Å². The normalized spacial score (nSPS) is 15.8. The van der Waals surface area contributed by atoms with Gasteiger partial charge in [-0.05, 0) is 36.5 Å². The Morgan fingerprint density at radius 2 is 2.00 bits per heavy atom. The Morgan fingerprint density at radius 3 is 2.50 bits per heavy atom. The van der Waals surface area contributed by atoms with E-state index in [0.717, 1.165) is 29.3 Å². The van der Waals surface area contributed by atoms with Crippen LogP contribution >= 0.6 is 0 Å². The van der Waals surface area contributed by atoms with Crippen molar-refractivity contribution in [2.45, 2.75) is 31.3 Å². The van der Waals surface area contributed by atoms with Gasteiger partial charge in [0, 0.05) is 13.1 Å². The fourth-order valence-electron chi connectivity index (χ4n) is 2.02. The quantitative estimate of drug-likeness (QED) is 0.873. The van der Waals surface area contributed by atoms with Crippen LogP contribution in [0.5, 0.6) is 0 Å². The number of rotatable bonds is 6. The van der Waals surface area contributed by atoms with E-state index in [0.29, 0.717) is 12.5 Å². The van der Waals surface area contributed by atoms with Gasteiger partial charge in [0.15, 0.2) is 11.6 Å². The highest BCUT2D eigenvalue weighted by Gasteiger charge is 2.33. The highest BCUT2D eigenvalue weighted by atomic mass is 32.2. The number of hydrogen-bond donors (Lipinski definition) is 1. The molecule has 0 bridgehead atoms. The molecular formula is C13H17F2NO3S. The van der Waals surface area contributed by atoms with Crippen LogP contribution in [-0.2, 0) is 16.6 Å². The van der Waals surface area contributed by atoms with Crippen LogP contribution in [0.2, 0.25) is 0 Å². The smallest absolute Gasteiger partial charge is 0.246 e. The Kier molecular flexibility index (Phi) is 4.41. The third-order valence-electron chi connectivity index (χ3n) is 3.37. The minimum absolute atomic E-state index is 0.0324. The lowest BCUT2D eigenvalue weighted by atomic mass is 10.2. The third kappa shape index (κ3) is 2.99. The lowest BCUT2D eigenvalue weighted by Crippen LogP contribution is -2.33. The molecule has 1 aromatic carbocycles. The van der Waals surface area contributed by atoms with Gasteiger partial charge in [0.1, 0.15) is 4.90 Å². The van der Waals surface area contributed by atoms with Gasteiger partial charge in [-0.2, -0.15) is 4.31 Å². The minimum atomic E-state index is -4.08. The van der Waals surface area contributed by atoms with E-state index in [1.807, 2.05) is 0 Å². The first-order chi connectivity index (χ1) is 9.40. The molecule has 1 fully saturated rings.